The summed E-state index contributed by atoms with van der Waals surface area (Å²) in [5, 5.41) is 10.3. The van der Waals surface area contributed by atoms with Crippen LogP contribution in [-0.2, 0) is 0 Å². The Kier molecular flexibility index (Phi) is 4.85. The lowest BCUT2D eigenvalue weighted by Gasteiger charge is -2.23. The molecule has 2 nitrogen and oxygen atoms in total. The number of rotatable bonds is 5. The highest BCUT2D eigenvalue weighted by Gasteiger charge is 2.21. The van der Waals surface area contributed by atoms with Crippen molar-refractivity contribution in [2.24, 2.45) is 5.92 Å². The van der Waals surface area contributed by atoms with Crippen LogP contribution in [0.2, 0.25) is 0 Å². The molecule has 122 valence electrons. The molecule has 0 bridgehead atoms. The fourth-order valence-corrected chi connectivity index (χ4v) is 2.99. The Bertz CT molecular complexity index is 767. The zero-order chi connectivity index (χ0) is 16.9. The van der Waals surface area contributed by atoms with E-state index in [2.05, 4.69) is 13.5 Å². The maximum Gasteiger partial charge on any atom is 0.127 e. The van der Waals surface area contributed by atoms with Crippen molar-refractivity contribution < 1.29 is 9.84 Å². The van der Waals surface area contributed by atoms with Crippen LogP contribution in [0.25, 0.3) is 5.57 Å². The van der Waals surface area contributed by atoms with Gasteiger partial charge < -0.3 is 9.84 Å². The van der Waals surface area contributed by atoms with Gasteiger partial charge in [0.15, 0.2) is 0 Å². The first-order chi connectivity index (χ1) is 11.7. The van der Waals surface area contributed by atoms with Crippen LogP contribution >= 0.6 is 0 Å². The van der Waals surface area contributed by atoms with Crippen molar-refractivity contribution in [3.63, 3.8) is 0 Å². The quantitative estimate of drug-likeness (QED) is 0.702. The smallest absolute Gasteiger partial charge is 0.127 e. The molecule has 1 aliphatic rings. The third-order valence-electron chi connectivity index (χ3n) is 4.23. The molecule has 24 heavy (non-hydrogen) atoms. The second kappa shape index (κ2) is 7.22. The Morgan fingerprint density at radius 1 is 1.00 bits per heavy atom. The standard InChI is InChI=1S/C22H22O2/c1-3-7-17-12-15-21(23)22(16(17)2)18-10-13-20(14-11-18)24-19-8-5-4-6-9-19/h4-6,8-15,17,23H,2-3,7H2,1H3. The first-order valence-corrected chi connectivity index (χ1v) is 8.33. The van der Waals surface area contributed by atoms with Crippen molar-refractivity contribution in [1.82, 2.24) is 0 Å². The fraction of sp³-hybridized carbons (Fsp3) is 0.182. The lowest BCUT2D eigenvalue weighted by Crippen LogP contribution is -2.08. The van der Waals surface area contributed by atoms with E-state index >= 15 is 0 Å². The summed E-state index contributed by atoms with van der Waals surface area (Å²) in [6, 6.07) is 17.5. The number of para-hydroxylation sites is 1. The van der Waals surface area contributed by atoms with Crippen molar-refractivity contribution in [2.45, 2.75) is 19.8 Å². The van der Waals surface area contributed by atoms with Crippen molar-refractivity contribution >= 4 is 5.57 Å². The first kappa shape index (κ1) is 16.1. The van der Waals surface area contributed by atoms with Gasteiger partial charge in [-0.3, -0.25) is 0 Å². The summed E-state index contributed by atoms with van der Waals surface area (Å²) in [5.41, 5.74) is 2.78. The number of hydrogen-bond acceptors (Lipinski definition) is 2. The monoisotopic (exact) mass is 318 g/mol. The molecular formula is C22H22O2. The van der Waals surface area contributed by atoms with Crippen LogP contribution in [0.1, 0.15) is 25.3 Å². The number of aliphatic hydroxyl groups excluding tert-OH is 1. The van der Waals surface area contributed by atoms with E-state index in [-0.39, 0.29) is 5.76 Å². The van der Waals surface area contributed by atoms with Crippen molar-refractivity contribution in [2.75, 3.05) is 0 Å². The lowest BCUT2D eigenvalue weighted by molar-refractivity contribution is 0.430. The summed E-state index contributed by atoms with van der Waals surface area (Å²) in [6.07, 6.45) is 5.96. The van der Waals surface area contributed by atoms with Crippen molar-refractivity contribution in [3.05, 3.63) is 90.2 Å². The minimum Gasteiger partial charge on any atom is -0.507 e. The third kappa shape index (κ3) is 3.43. The first-order valence-electron chi connectivity index (χ1n) is 8.33. The molecule has 0 aromatic heterocycles. The Hall–Kier alpha value is -2.74. The molecule has 2 aromatic carbocycles. The highest BCUT2D eigenvalue weighted by molar-refractivity contribution is 5.83. The van der Waals surface area contributed by atoms with Crippen LogP contribution in [0.5, 0.6) is 11.5 Å². The van der Waals surface area contributed by atoms with E-state index in [1.165, 1.54) is 0 Å². The molecule has 1 unspecified atom stereocenters. The summed E-state index contributed by atoms with van der Waals surface area (Å²) >= 11 is 0. The summed E-state index contributed by atoms with van der Waals surface area (Å²) in [5.74, 6) is 2.15. The van der Waals surface area contributed by atoms with Crippen LogP contribution < -0.4 is 4.74 Å². The molecule has 2 aromatic rings. The molecule has 1 N–H and O–H groups in total. The van der Waals surface area contributed by atoms with E-state index in [0.717, 1.165) is 41.1 Å². The van der Waals surface area contributed by atoms with Crippen LogP contribution in [0.15, 0.2) is 84.7 Å². The lowest BCUT2D eigenvalue weighted by atomic mass is 9.82. The number of allylic oxidation sites excluding steroid dienone is 4. The molecule has 0 radical (unpaired) electrons. The normalized spacial score (nSPS) is 17.2. The van der Waals surface area contributed by atoms with Crippen LogP contribution in [-0.4, -0.2) is 5.11 Å². The van der Waals surface area contributed by atoms with Crippen LogP contribution in [0, 0.1) is 5.92 Å². The molecule has 1 atom stereocenters. The third-order valence-corrected chi connectivity index (χ3v) is 4.23. The van der Waals surface area contributed by atoms with Gasteiger partial charge in [-0.2, -0.15) is 0 Å². The average Bonchev–Trinajstić information content (AvgIpc) is 2.60. The highest BCUT2D eigenvalue weighted by atomic mass is 16.5. The summed E-state index contributed by atoms with van der Waals surface area (Å²) in [7, 11) is 0. The van der Waals surface area contributed by atoms with Gasteiger partial charge in [0.1, 0.15) is 17.3 Å². The van der Waals surface area contributed by atoms with Gasteiger partial charge in [-0.05, 0) is 47.9 Å². The minimum absolute atomic E-state index is 0.282. The summed E-state index contributed by atoms with van der Waals surface area (Å²) in [6.45, 7) is 6.37. The number of aliphatic hydroxyl groups is 1. The highest BCUT2D eigenvalue weighted by Crippen LogP contribution is 2.37. The largest absolute Gasteiger partial charge is 0.507 e. The van der Waals surface area contributed by atoms with Gasteiger partial charge in [0.05, 0.1) is 0 Å². The molecule has 3 rings (SSSR count). The SMILES string of the molecule is C=C1C(c2ccc(Oc3ccccc3)cc2)=C(O)C=CC1CCC. The number of benzene rings is 2. The average molecular weight is 318 g/mol. The van der Waals surface area contributed by atoms with Crippen molar-refractivity contribution in [3.8, 4) is 11.5 Å². The van der Waals surface area contributed by atoms with Gasteiger partial charge in [0.25, 0.3) is 0 Å². The molecular weight excluding hydrogens is 296 g/mol. The molecule has 0 fully saturated rings. The molecule has 0 heterocycles. The molecule has 0 spiro atoms. The van der Waals surface area contributed by atoms with Gasteiger partial charge in [-0.1, -0.05) is 56.3 Å². The zero-order valence-corrected chi connectivity index (χ0v) is 13.9. The van der Waals surface area contributed by atoms with E-state index in [1.54, 1.807) is 6.08 Å². The fourth-order valence-electron chi connectivity index (χ4n) is 2.99. The summed E-state index contributed by atoms with van der Waals surface area (Å²) < 4.78 is 5.82. The van der Waals surface area contributed by atoms with E-state index in [9.17, 15) is 5.11 Å². The van der Waals surface area contributed by atoms with E-state index in [1.807, 2.05) is 60.7 Å². The maximum atomic E-state index is 10.3. The Labute approximate surface area is 143 Å². The zero-order valence-electron chi connectivity index (χ0n) is 13.9. The topological polar surface area (TPSA) is 29.5 Å². The van der Waals surface area contributed by atoms with Gasteiger partial charge in [0, 0.05) is 11.5 Å². The second-order valence-electron chi connectivity index (χ2n) is 5.98. The number of hydrogen-bond donors (Lipinski definition) is 1. The number of ether oxygens (including phenoxy) is 1. The molecule has 1 aliphatic carbocycles. The van der Waals surface area contributed by atoms with Crippen LogP contribution in [0.4, 0.5) is 0 Å². The molecule has 0 saturated heterocycles. The Morgan fingerprint density at radius 3 is 2.33 bits per heavy atom. The molecule has 0 aliphatic heterocycles. The maximum absolute atomic E-state index is 10.3. The Morgan fingerprint density at radius 2 is 1.67 bits per heavy atom. The van der Waals surface area contributed by atoms with Crippen LogP contribution in [0.3, 0.4) is 0 Å². The van der Waals surface area contributed by atoms with Gasteiger partial charge in [-0.15, -0.1) is 0 Å². The molecule has 0 saturated carbocycles. The predicted molar refractivity (Wildman–Crippen MR) is 99.2 cm³/mol. The Balaban J connectivity index is 1.82. The van der Waals surface area contributed by atoms with Gasteiger partial charge in [-0.25, -0.2) is 0 Å². The van der Waals surface area contributed by atoms with E-state index in [0.29, 0.717) is 5.92 Å². The molecule has 2 heteroatoms. The van der Waals surface area contributed by atoms with Gasteiger partial charge in [0.2, 0.25) is 0 Å². The predicted octanol–water partition coefficient (Wildman–Crippen LogP) is 6.29. The van der Waals surface area contributed by atoms with Gasteiger partial charge >= 0.3 is 0 Å². The minimum atomic E-state index is 0.282. The molecule has 0 amide bonds. The van der Waals surface area contributed by atoms with E-state index < -0.39 is 0 Å². The van der Waals surface area contributed by atoms with Crippen molar-refractivity contribution in [1.29, 1.82) is 0 Å². The summed E-state index contributed by atoms with van der Waals surface area (Å²) in [4.78, 5) is 0. The second-order valence-corrected chi connectivity index (χ2v) is 5.98. The van der Waals surface area contributed by atoms with E-state index in [4.69, 9.17) is 4.74 Å².